The smallest absolute Gasteiger partial charge is 0.271 e. The number of hydrogen-bond acceptors (Lipinski definition) is 5. The molecule has 11 heteroatoms. The van der Waals surface area contributed by atoms with E-state index in [1.165, 1.54) is 10.9 Å². The third-order valence-electron chi connectivity index (χ3n) is 5.09. The number of aryl methyl sites for hydroxylation is 2. The van der Waals surface area contributed by atoms with Gasteiger partial charge in [0, 0.05) is 43.0 Å². The van der Waals surface area contributed by atoms with Gasteiger partial charge in [0.05, 0.1) is 23.1 Å². The highest BCUT2D eigenvalue weighted by Crippen LogP contribution is 2.28. The van der Waals surface area contributed by atoms with Crippen LogP contribution in [0.1, 0.15) is 32.0 Å². The zero-order chi connectivity index (χ0) is 24.9. The molecule has 0 bridgehead atoms. The Balaban J connectivity index is 1.42. The van der Waals surface area contributed by atoms with E-state index in [0.717, 1.165) is 11.1 Å². The van der Waals surface area contributed by atoms with E-state index in [2.05, 4.69) is 20.8 Å². The molecule has 0 saturated heterocycles. The molecule has 0 aliphatic carbocycles. The topological polar surface area (TPSA) is 103 Å². The summed E-state index contributed by atoms with van der Waals surface area (Å²) in [6.07, 6.45) is 4.92. The van der Waals surface area contributed by atoms with Gasteiger partial charge in [-0.1, -0.05) is 35.3 Å². The van der Waals surface area contributed by atoms with Gasteiger partial charge >= 0.3 is 0 Å². The van der Waals surface area contributed by atoms with Crippen LogP contribution in [-0.4, -0.2) is 31.4 Å². The van der Waals surface area contributed by atoms with Crippen molar-refractivity contribution >= 4 is 40.7 Å². The first-order chi connectivity index (χ1) is 16.8. The van der Waals surface area contributed by atoms with Gasteiger partial charge in [0.2, 0.25) is 0 Å². The summed E-state index contributed by atoms with van der Waals surface area (Å²) in [7, 11) is 3.43. The molecule has 4 rings (SSSR count). The molecule has 0 saturated carbocycles. The Bertz CT molecular complexity index is 1380. The molecule has 180 valence electrons. The number of anilines is 1. The van der Waals surface area contributed by atoms with Crippen LogP contribution in [0.25, 0.3) is 0 Å². The molecule has 0 fully saturated rings. The Morgan fingerprint density at radius 1 is 1.00 bits per heavy atom. The number of benzene rings is 2. The Morgan fingerprint density at radius 3 is 2.57 bits per heavy atom. The predicted octanol–water partition coefficient (Wildman–Crippen LogP) is 4.22. The molecule has 2 N–H and O–H groups in total. The van der Waals surface area contributed by atoms with Crippen LogP contribution >= 0.6 is 23.2 Å². The number of carbonyl (C=O) groups excluding carboxylic acids is 2. The Hall–Kier alpha value is -3.82. The monoisotopic (exact) mass is 512 g/mol. The highest BCUT2D eigenvalue weighted by Gasteiger charge is 2.19. The van der Waals surface area contributed by atoms with Crippen molar-refractivity contribution in [2.45, 2.75) is 13.2 Å². The van der Waals surface area contributed by atoms with Crippen LogP contribution in [0.2, 0.25) is 10.0 Å². The first kappa shape index (κ1) is 24.3. The number of halogens is 2. The van der Waals surface area contributed by atoms with E-state index in [1.54, 1.807) is 61.4 Å². The number of nitrogens with zero attached hydrogens (tertiary/aromatic N) is 4. The Morgan fingerprint density at radius 2 is 1.83 bits per heavy atom. The van der Waals surface area contributed by atoms with E-state index in [9.17, 15) is 9.59 Å². The third kappa shape index (κ3) is 6.00. The highest BCUT2D eigenvalue weighted by molar-refractivity contribution is 6.35. The number of ether oxygens (including phenoxy) is 1. The average molecular weight is 513 g/mol. The first-order valence-electron chi connectivity index (χ1n) is 10.6. The standard InChI is InChI=1S/C24H22Cl2N6O3/c1-31-13-16(11-28-31)10-27-24(34)22-20(12-29-32(22)2)30-23(33)17-5-3-4-15(8-17)14-35-21-7-6-18(25)9-19(21)26/h3-9,11-13H,10,14H2,1-2H3,(H,27,34)(H,30,33). The van der Waals surface area contributed by atoms with Gasteiger partial charge in [-0.05, 0) is 35.9 Å². The van der Waals surface area contributed by atoms with Gasteiger partial charge < -0.3 is 15.4 Å². The van der Waals surface area contributed by atoms with E-state index < -0.39 is 0 Å². The molecule has 0 aliphatic rings. The zero-order valence-corrected chi connectivity index (χ0v) is 20.5. The van der Waals surface area contributed by atoms with E-state index in [-0.39, 0.29) is 24.1 Å². The summed E-state index contributed by atoms with van der Waals surface area (Å²) in [6.45, 7) is 0.502. The van der Waals surface area contributed by atoms with Gasteiger partial charge in [-0.3, -0.25) is 19.0 Å². The molecule has 2 aromatic carbocycles. The third-order valence-corrected chi connectivity index (χ3v) is 5.62. The highest BCUT2D eigenvalue weighted by atomic mass is 35.5. The van der Waals surface area contributed by atoms with Crippen molar-refractivity contribution in [3.8, 4) is 5.75 Å². The van der Waals surface area contributed by atoms with Crippen LogP contribution in [0, 0.1) is 0 Å². The van der Waals surface area contributed by atoms with Crippen LogP contribution in [0.4, 0.5) is 5.69 Å². The molecule has 0 unspecified atom stereocenters. The van der Waals surface area contributed by atoms with Crippen molar-refractivity contribution in [1.82, 2.24) is 24.9 Å². The summed E-state index contributed by atoms with van der Waals surface area (Å²) in [4.78, 5) is 25.7. The lowest BCUT2D eigenvalue weighted by Gasteiger charge is -2.11. The largest absolute Gasteiger partial charge is 0.487 e. The molecular formula is C24H22Cl2N6O3. The maximum atomic E-state index is 12.9. The van der Waals surface area contributed by atoms with Crippen molar-refractivity contribution in [2.75, 3.05) is 5.32 Å². The van der Waals surface area contributed by atoms with E-state index in [1.807, 2.05) is 12.3 Å². The molecule has 0 spiro atoms. The van der Waals surface area contributed by atoms with Crippen molar-refractivity contribution < 1.29 is 14.3 Å². The SMILES string of the molecule is Cn1cc(CNC(=O)c2c(NC(=O)c3cccc(COc4ccc(Cl)cc4Cl)c3)cnn2C)cn1. The number of carbonyl (C=O) groups is 2. The molecule has 9 nitrogen and oxygen atoms in total. The molecule has 0 atom stereocenters. The Kier molecular flexibility index (Phi) is 7.38. The number of hydrogen-bond donors (Lipinski definition) is 2. The summed E-state index contributed by atoms with van der Waals surface area (Å²) in [5.41, 5.74) is 2.56. The normalized spacial score (nSPS) is 10.7. The quantitative estimate of drug-likeness (QED) is 0.367. The van der Waals surface area contributed by atoms with Crippen molar-refractivity contribution in [3.05, 3.63) is 93.5 Å². The fraction of sp³-hybridized carbons (Fsp3) is 0.167. The summed E-state index contributed by atoms with van der Waals surface area (Å²) in [5.74, 6) is -0.264. The predicted molar refractivity (Wildman–Crippen MR) is 133 cm³/mol. The maximum Gasteiger partial charge on any atom is 0.271 e. The van der Waals surface area contributed by atoms with E-state index in [4.69, 9.17) is 27.9 Å². The lowest BCUT2D eigenvalue weighted by atomic mass is 10.1. The minimum Gasteiger partial charge on any atom is -0.487 e. The fourth-order valence-corrected chi connectivity index (χ4v) is 3.84. The Labute approximate surface area is 211 Å². The van der Waals surface area contributed by atoms with Crippen molar-refractivity contribution in [2.24, 2.45) is 14.1 Å². The molecule has 2 amide bonds. The molecule has 0 aliphatic heterocycles. The molecular weight excluding hydrogens is 491 g/mol. The summed E-state index contributed by atoms with van der Waals surface area (Å²) < 4.78 is 8.82. The second-order valence-electron chi connectivity index (χ2n) is 7.75. The number of amides is 2. The molecule has 35 heavy (non-hydrogen) atoms. The van der Waals surface area contributed by atoms with Crippen LogP contribution in [0.3, 0.4) is 0 Å². The summed E-state index contributed by atoms with van der Waals surface area (Å²) in [5, 5.41) is 14.7. The zero-order valence-electron chi connectivity index (χ0n) is 19.0. The second-order valence-corrected chi connectivity index (χ2v) is 8.60. The van der Waals surface area contributed by atoms with Crippen LogP contribution in [0.15, 0.2) is 61.1 Å². The van der Waals surface area contributed by atoms with Gasteiger partial charge in [-0.2, -0.15) is 10.2 Å². The summed E-state index contributed by atoms with van der Waals surface area (Å²) in [6, 6.07) is 11.9. The van der Waals surface area contributed by atoms with Crippen LogP contribution in [0.5, 0.6) is 5.75 Å². The van der Waals surface area contributed by atoms with Crippen molar-refractivity contribution in [1.29, 1.82) is 0 Å². The minimum atomic E-state index is -0.384. The number of aromatic nitrogens is 4. The minimum absolute atomic E-state index is 0.206. The molecule has 2 heterocycles. The van der Waals surface area contributed by atoms with Crippen LogP contribution in [-0.2, 0) is 27.2 Å². The van der Waals surface area contributed by atoms with Crippen molar-refractivity contribution in [3.63, 3.8) is 0 Å². The molecule has 4 aromatic rings. The van der Waals surface area contributed by atoms with Crippen LogP contribution < -0.4 is 15.4 Å². The van der Waals surface area contributed by atoms with Gasteiger partial charge in [-0.25, -0.2) is 0 Å². The average Bonchev–Trinajstić information content (AvgIpc) is 3.42. The lowest BCUT2D eigenvalue weighted by molar-refractivity contribution is 0.0942. The first-order valence-corrected chi connectivity index (χ1v) is 11.3. The molecule has 2 aromatic heterocycles. The fourth-order valence-electron chi connectivity index (χ4n) is 3.38. The number of rotatable bonds is 8. The lowest BCUT2D eigenvalue weighted by Crippen LogP contribution is -2.26. The van der Waals surface area contributed by atoms with Gasteiger partial charge in [0.1, 0.15) is 18.1 Å². The van der Waals surface area contributed by atoms with Gasteiger partial charge in [0.15, 0.2) is 0 Å². The van der Waals surface area contributed by atoms with E-state index >= 15 is 0 Å². The maximum absolute atomic E-state index is 12.9. The molecule has 0 radical (unpaired) electrons. The number of nitrogens with one attached hydrogen (secondary N) is 2. The van der Waals surface area contributed by atoms with Gasteiger partial charge in [0.25, 0.3) is 11.8 Å². The second kappa shape index (κ2) is 10.6. The van der Waals surface area contributed by atoms with E-state index in [0.29, 0.717) is 33.6 Å². The van der Waals surface area contributed by atoms with Gasteiger partial charge in [-0.15, -0.1) is 0 Å². The summed E-state index contributed by atoms with van der Waals surface area (Å²) >= 11 is 12.1.